The molecule has 2 aliphatic rings. The van der Waals surface area contributed by atoms with Crippen molar-refractivity contribution in [1.82, 2.24) is 4.90 Å². The first-order chi connectivity index (χ1) is 19.2. The zero-order valence-corrected chi connectivity index (χ0v) is 24.1. The summed E-state index contributed by atoms with van der Waals surface area (Å²) in [5, 5.41) is -0.0150. The summed E-state index contributed by atoms with van der Waals surface area (Å²) in [6, 6.07) is 10.2. The van der Waals surface area contributed by atoms with Crippen molar-refractivity contribution in [2.75, 3.05) is 18.6 Å². The molecule has 3 aromatic carbocycles. The van der Waals surface area contributed by atoms with Crippen LogP contribution in [0.1, 0.15) is 29.5 Å². The van der Waals surface area contributed by atoms with Gasteiger partial charge in [0.15, 0.2) is 31.3 Å². The monoisotopic (exact) mass is 627 g/mol. The van der Waals surface area contributed by atoms with E-state index in [9.17, 15) is 34.8 Å². The minimum Gasteiger partial charge on any atom is -0.489 e. The van der Waals surface area contributed by atoms with Crippen LogP contribution >= 0.6 is 11.6 Å². The molecule has 3 aromatic rings. The molecule has 13 heteroatoms. The standard InChI is InChI=1S/C28H25ClF3NO6S2/c1-40(35,36)16-27(34)33-11-10-28(41(37,38)21-6-3-19(30)4-7-21)22-8-5-20(12-17(22)2-9-26(28)33)39-15-18-13-24(31)25(32)14-23(18)29/h3-8,12-14,26H,2,9-11,15-16H2,1H3/t26-,28-/m1/s1. The Morgan fingerprint density at radius 2 is 1.71 bits per heavy atom. The number of benzene rings is 3. The first-order valence-corrected chi connectivity index (χ1v) is 16.5. The number of halogens is 4. The van der Waals surface area contributed by atoms with Crippen LogP contribution in [0.15, 0.2) is 59.5 Å². The second-order valence-electron chi connectivity index (χ2n) is 10.3. The Morgan fingerprint density at radius 1 is 1.02 bits per heavy atom. The number of hydrogen-bond donors (Lipinski definition) is 0. The molecule has 1 fully saturated rings. The van der Waals surface area contributed by atoms with E-state index in [2.05, 4.69) is 0 Å². The average molecular weight is 628 g/mol. The molecule has 0 saturated carbocycles. The lowest BCUT2D eigenvalue weighted by Gasteiger charge is -2.42. The van der Waals surface area contributed by atoms with E-state index in [0.717, 1.165) is 30.5 Å². The number of ether oxygens (including phenoxy) is 1. The third-order valence-corrected chi connectivity index (χ3v) is 11.3. The molecule has 0 radical (unpaired) electrons. The van der Waals surface area contributed by atoms with Crippen LogP contribution < -0.4 is 4.74 Å². The zero-order valence-electron chi connectivity index (χ0n) is 21.7. The van der Waals surface area contributed by atoms with Gasteiger partial charge < -0.3 is 9.64 Å². The van der Waals surface area contributed by atoms with Crippen molar-refractivity contribution in [3.8, 4) is 5.75 Å². The third-order valence-electron chi connectivity index (χ3n) is 7.65. The van der Waals surface area contributed by atoms with Crippen molar-refractivity contribution >= 4 is 37.2 Å². The second kappa shape index (κ2) is 10.6. The molecular formula is C28H25ClF3NO6S2. The Hall–Kier alpha value is -3.09. The van der Waals surface area contributed by atoms with E-state index in [4.69, 9.17) is 16.3 Å². The van der Waals surface area contributed by atoms with Gasteiger partial charge in [-0.2, -0.15) is 0 Å². The van der Waals surface area contributed by atoms with Crippen LogP contribution in [0.5, 0.6) is 5.75 Å². The maximum absolute atomic E-state index is 14.3. The molecule has 0 bridgehead atoms. The van der Waals surface area contributed by atoms with E-state index in [1.54, 1.807) is 12.1 Å². The van der Waals surface area contributed by atoms with Crippen molar-refractivity contribution in [2.24, 2.45) is 0 Å². The third kappa shape index (κ3) is 5.32. The molecule has 0 aromatic heterocycles. The Kier molecular flexibility index (Phi) is 7.62. The summed E-state index contributed by atoms with van der Waals surface area (Å²) >= 11 is 6.01. The first-order valence-electron chi connectivity index (χ1n) is 12.6. The highest BCUT2D eigenvalue weighted by Crippen LogP contribution is 2.53. The molecule has 2 atom stereocenters. The Balaban J connectivity index is 1.55. The summed E-state index contributed by atoms with van der Waals surface area (Å²) in [7, 11) is -7.90. The van der Waals surface area contributed by atoms with Gasteiger partial charge in [0, 0.05) is 18.4 Å². The number of sulfone groups is 2. The van der Waals surface area contributed by atoms with E-state index in [0.29, 0.717) is 23.3 Å². The van der Waals surface area contributed by atoms with E-state index in [1.807, 2.05) is 0 Å². The summed E-state index contributed by atoms with van der Waals surface area (Å²) in [4.78, 5) is 14.3. The molecule has 7 nitrogen and oxygen atoms in total. The molecule has 1 heterocycles. The van der Waals surface area contributed by atoms with Gasteiger partial charge in [0.2, 0.25) is 5.91 Å². The summed E-state index contributed by atoms with van der Waals surface area (Å²) in [5.74, 6) is -3.87. The van der Waals surface area contributed by atoms with Crippen LogP contribution in [0.3, 0.4) is 0 Å². The van der Waals surface area contributed by atoms with E-state index in [-0.39, 0.29) is 41.5 Å². The van der Waals surface area contributed by atoms with Crippen molar-refractivity contribution < 1.29 is 39.5 Å². The van der Waals surface area contributed by atoms with Crippen LogP contribution in [-0.4, -0.2) is 52.2 Å². The molecule has 41 heavy (non-hydrogen) atoms. The molecule has 0 spiro atoms. The van der Waals surface area contributed by atoms with Gasteiger partial charge in [-0.05, 0) is 78.9 Å². The number of amides is 1. The van der Waals surface area contributed by atoms with E-state index in [1.165, 1.54) is 23.1 Å². The van der Waals surface area contributed by atoms with Crippen LogP contribution in [0.4, 0.5) is 13.2 Å². The highest BCUT2D eigenvalue weighted by Gasteiger charge is 2.60. The van der Waals surface area contributed by atoms with Crippen LogP contribution in [0.2, 0.25) is 5.02 Å². The van der Waals surface area contributed by atoms with Crippen molar-refractivity contribution in [3.05, 3.63) is 93.8 Å². The molecular weight excluding hydrogens is 603 g/mol. The smallest absolute Gasteiger partial charge is 0.238 e. The predicted molar refractivity (Wildman–Crippen MR) is 146 cm³/mol. The van der Waals surface area contributed by atoms with Gasteiger partial charge >= 0.3 is 0 Å². The van der Waals surface area contributed by atoms with Crippen molar-refractivity contribution in [3.63, 3.8) is 0 Å². The fourth-order valence-corrected chi connectivity index (χ4v) is 9.05. The summed E-state index contributed by atoms with van der Waals surface area (Å²) in [6.07, 6.45) is 1.52. The fourth-order valence-electron chi connectivity index (χ4n) is 5.86. The Bertz CT molecular complexity index is 1750. The molecule has 5 rings (SSSR count). The highest BCUT2D eigenvalue weighted by molar-refractivity contribution is 7.92. The SMILES string of the molecule is CS(=O)(=O)CC(=O)N1CC[C@@]2(S(=O)(=O)c3ccc(F)cc3)c3ccc(OCc4cc(F)c(F)cc4Cl)cc3CC[C@@H]12. The number of rotatable bonds is 7. The summed E-state index contributed by atoms with van der Waals surface area (Å²) in [5.41, 5.74) is 1.29. The van der Waals surface area contributed by atoms with Gasteiger partial charge in [0.05, 0.1) is 16.0 Å². The van der Waals surface area contributed by atoms with Gasteiger partial charge in [-0.1, -0.05) is 17.7 Å². The minimum atomic E-state index is -4.23. The fraction of sp³-hybridized carbons (Fsp3) is 0.321. The minimum absolute atomic E-state index is 0.00451. The molecule has 218 valence electrons. The number of aryl methyl sites for hydroxylation is 1. The largest absolute Gasteiger partial charge is 0.489 e. The number of hydrogen-bond acceptors (Lipinski definition) is 6. The number of fused-ring (bicyclic) bond motifs is 3. The van der Waals surface area contributed by atoms with Crippen LogP contribution in [-0.2, 0) is 42.2 Å². The quantitative estimate of drug-likeness (QED) is 0.281. The van der Waals surface area contributed by atoms with Gasteiger partial charge in [-0.25, -0.2) is 30.0 Å². The normalized spacial score (nSPS) is 20.4. The number of carbonyl (C=O) groups excluding carboxylic acids is 1. The maximum Gasteiger partial charge on any atom is 0.238 e. The van der Waals surface area contributed by atoms with Gasteiger partial charge in [-0.3, -0.25) is 4.79 Å². The lowest BCUT2D eigenvalue weighted by Crippen LogP contribution is -2.52. The Morgan fingerprint density at radius 3 is 2.39 bits per heavy atom. The van der Waals surface area contributed by atoms with Gasteiger partial charge in [0.1, 0.15) is 28.7 Å². The predicted octanol–water partition coefficient (Wildman–Crippen LogP) is 4.60. The van der Waals surface area contributed by atoms with E-state index < -0.39 is 59.6 Å². The highest BCUT2D eigenvalue weighted by atomic mass is 35.5. The van der Waals surface area contributed by atoms with Crippen molar-refractivity contribution in [1.29, 1.82) is 0 Å². The lowest BCUT2D eigenvalue weighted by atomic mass is 9.78. The molecule has 0 N–H and O–H groups in total. The summed E-state index contributed by atoms with van der Waals surface area (Å²) in [6.45, 7) is -0.157. The first kappa shape index (κ1) is 29.4. The second-order valence-corrected chi connectivity index (χ2v) is 15.0. The topological polar surface area (TPSA) is 97.8 Å². The van der Waals surface area contributed by atoms with Gasteiger partial charge in [-0.15, -0.1) is 0 Å². The molecule has 1 saturated heterocycles. The van der Waals surface area contributed by atoms with Crippen LogP contribution in [0.25, 0.3) is 0 Å². The maximum atomic E-state index is 14.3. The zero-order chi connectivity index (χ0) is 29.7. The van der Waals surface area contributed by atoms with Crippen molar-refractivity contribution in [2.45, 2.75) is 41.6 Å². The number of likely N-dealkylation sites (tertiary alicyclic amines) is 1. The summed E-state index contributed by atoms with van der Waals surface area (Å²) < 4.78 is 97.4. The number of carbonyl (C=O) groups is 1. The molecule has 1 amide bonds. The molecule has 1 aliphatic heterocycles. The number of nitrogens with zero attached hydrogens (tertiary/aromatic N) is 1. The average Bonchev–Trinajstić information content (AvgIpc) is 3.31. The Labute approximate surface area is 240 Å². The lowest BCUT2D eigenvalue weighted by molar-refractivity contribution is -0.129. The van der Waals surface area contributed by atoms with E-state index >= 15 is 0 Å². The molecule has 1 aliphatic carbocycles. The van der Waals surface area contributed by atoms with Crippen LogP contribution in [0, 0.1) is 17.5 Å². The van der Waals surface area contributed by atoms with Gasteiger partial charge in [0.25, 0.3) is 0 Å². The molecule has 0 unspecified atom stereocenters.